The molecule has 1 aliphatic heterocycles. The molecule has 5 heteroatoms. The van der Waals surface area contributed by atoms with E-state index in [0.29, 0.717) is 0 Å². The van der Waals surface area contributed by atoms with Gasteiger partial charge in [0, 0.05) is 17.5 Å². The Kier molecular flexibility index (Phi) is 4.93. The zero-order valence-corrected chi connectivity index (χ0v) is 12.5. The van der Waals surface area contributed by atoms with Crippen molar-refractivity contribution in [3.8, 4) is 0 Å². The molecule has 0 saturated carbocycles. The highest BCUT2D eigenvalue weighted by Gasteiger charge is 2.37. The molecule has 0 aliphatic carbocycles. The lowest BCUT2D eigenvalue weighted by atomic mass is 9.74. The van der Waals surface area contributed by atoms with Gasteiger partial charge in [-0.1, -0.05) is 13.8 Å². The van der Waals surface area contributed by atoms with Gasteiger partial charge in [-0.25, -0.2) is 8.78 Å². The number of hydrogen-bond acceptors (Lipinski definition) is 2. The van der Waals surface area contributed by atoms with E-state index >= 15 is 0 Å². The third-order valence-corrected chi connectivity index (χ3v) is 4.35. The molecule has 2 rings (SSSR count). The second-order valence-electron chi connectivity index (χ2n) is 6.18. The lowest BCUT2D eigenvalue weighted by Crippen LogP contribution is -2.47. The predicted octanol–water partition coefficient (Wildman–Crippen LogP) is 2.61. The molecule has 116 valence electrons. The number of halogens is 2. The first-order valence-corrected chi connectivity index (χ1v) is 7.34. The zero-order chi connectivity index (χ0) is 15.5. The van der Waals surface area contributed by atoms with Crippen LogP contribution in [0.1, 0.15) is 32.3 Å². The van der Waals surface area contributed by atoms with E-state index in [0.717, 1.165) is 44.1 Å². The number of rotatable bonds is 4. The van der Waals surface area contributed by atoms with Crippen LogP contribution in [0.25, 0.3) is 0 Å². The summed E-state index contributed by atoms with van der Waals surface area (Å²) in [4.78, 5) is 12.4. The minimum absolute atomic E-state index is 0.00596. The highest BCUT2D eigenvalue weighted by Crippen LogP contribution is 2.32. The highest BCUT2D eigenvalue weighted by molar-refractivity contribution is 5.82. The van der Waals surface area contributed by atoms with Gasteiger partial charge in [0.25, 0.3) is 0 Å². The van der Waals surface area contributed by atoms with Crippen molar-refractivity contribution in [1.29, 1.82) is 0 Å². The Hall–Kier alpha value is -1.49. The number of piperidine rings is 1. The maximum Gasteiger partial charge on any atom is 0.226 e. The monoisotopic (exact) mass is 296 g/mol. The van der Waals surface area contributed by atoms with Crippen molar-refractivity contribution in [3.63, 3.8) is 0 Å². The molecule has 0 radical (unpaired) electrons. The van der Waals surface area contributed by atoms with Crippen molar-refractivity contribution >= 4 is 5.91 Å². The molecule has 0 bridgehead atoms. The molecule has 2 N–H and O–H groups in total. The minimum atomic E-state index is -0.531. The normalized spacial score (nSPS) is 19.3. The fourth-order valence-electron chi connectivity index (χ4n) is 2.74. The molecule has 1 saturated heterocycles. The maximum absolute atomic E-state index is 13.5. The highest BCUT2D eigenvalue weighted by atomic mass is 19.1. The van der Waals surface area contributed by atoms with Crippen LogP contribution in [0.5, 0.6) is 0 Å². The number of nitrogens with one attached hydrogen (secondary N) is 2. The Morgan fingerprint density at radius 1 is 1.43 bits per heavy atom. The number of carbonyl (C=O) groups is 1. The summed E-state index contributed by atoms with van der Waals surface area (Å²) in [7, 11) is 0. The number of carbonyl (C=O) groups excluding carboxylic acids is 1. The predicted molar refractivity (Wildman–Crippen MR) is 77.6 cm³/mol. The van der Waals surface area contributed by atoms with Crippen LogP contribution in [0.3, 0.4) is 0 Å². The standard InChI is InChI=1S/C16H22F2N2O/c1-16(2,12-4-3-7-19-10-12)15(21)20-9-11-8-13(17)5-6-14(11)18/h5-6,8,12,19H,3-4,7,9-10H2,1-2H3,(H,20,21). The molecule has 3 nitrogen and oxygen atoms in total. The van der Waals surface area contributed by atoms with E-state index in [1.807, 2.05) is 13.8 Å². The first-order chi connectivity index (χ1) is 9.91. The third kappa shape index (κ3) is 3.79. The largest absolute Gasteiger partial charge is 0.351 e. The topological polar surface area (TPSA) is 41.1 Å². The Morgan fingerprint density at radius 3 is 2.86 bits per heavy atom. The molecule has 1 amide bonds. The van der Waals surface area contributed by atoms with Gasteiger partial charge >= 0.3 is 0 Å². The summed E-state index contributed by atoms with van der Waals surface area (Å²) in [5, 5.41) is 6.03. The summed E-state index contributed by atoms with van der Waals surface area (Å²) < 4.78 is 26.7. The lowest BCUT2D eigenvalue weighted by molar-refractivity contribution is -0.132. The Balaban J connectivity index is 1.98. The fraction of sp³-hybridized carbons (Fsp3) is 0.562. The van der Waals surface area contributed by atoms with Crippen LogP contribution in [-0.4, -0.2) is 19.0 Å². The van der Waals surface area contributed by atoms with Crippen molar-refractivity contribution in [2.75, 3.05) is 13.1 Å². The van der Waals surface area contributed by atoms with E-state index in [1.165, 1.54) is 0 Å². The third-order valence-electron chi connectivity index (χ3n) is 4.35. The van der Waals surface area contributed by atoms with Crippen LogP contribution in [-0.2, 0) is 11.3 Å². The first-order valence-electron chi connectivity index (χ1n) is 7.34. The molecular formula is C16H22F2N2O. The Morgan fingerprint density at radius 2 is 2.19 bits per heavy atom. The lowest BCUT2D eigenvalue weighted by Gasteiger charge is -2.36. The molecule has 1 atom stereocenters. The molecule has 1 unspecified atom stereocenters. The van der Waals surface area contributed by atoms with Gasteiger partial charge in [0.2, 0.25) is 5.91 Å². The molecule has 1 aromatic carbocycles. The molecule has 1 aromatic rings. The molecule has 21 heavy (non-hydrogen) atoms. The second-order valence-corrected chi connectivity index (χ2v) is 6.18. The van der Waals surface area contributed by atoms with Crippen molar-refractivity contribution in [1.82, 2.24) is 10.6 Å². The van der Waals surface area contributed by atoms with Crippen LogP contribution in [0.4, 0.5) is 8.78 Å². The average Bonchev–Trinajstić information content (AvgIpc) is 2.48. The Labute approximate surface area is 124 Å². The summed E-state index contributed by atoms with van der Waals surface area (Å²) in [5.74, 6) is -0.881. The van der Waals surface area contributed by atoms with Crippen LogP contribution in [0, 0.1) is 23.0 Å². The van der Waals surface area contributed by atoms with Crippen molar-refractivity contribution in [2.24, 2.45) is 11.3 Å². The zero-order valence-electron chi connectivity index (χ0n) is 12.5. The molecule has 1 aliphatic rings. The summed E-state index contributed by atoms with van der Waals surface area (Å²) in [5.41, 5.74) is -0.363. The number of hydrogen-bond donors (Lipinski definition) is 2. The van der Waals surface area contributed by atoms with E-state index < -0.39 is 17.0 Å². The molecule has 0 aromatic heterocycles. The maximum atomic E-state index is 13.5. The van der Waals surface area contributed by atoms with Gasteiger partial charge in [0.05, 0.1) is 0 Å². The molecule has 0 spiro atoms. The SMILES string of the molecule is CC(C)(C(=O)NCc1cc(F)ccc1F)C1CCCNC1. The van der Waals surface area contributed by atoms with Gasteiger partial charge in [0.1, 0.15) is 11.6 Å². The number of benzene rings is 1. The van der Waals surface area contributed by atoms with Gasteiger partial charge in [-0.3, -0.25) is 4.79 Å². The number of amides is 1. The van der Waals surface area contributed by atoms with Crippen molar-refractivity contribution < 1.29 is 13.6 Å². The van der Waals surface area contributed by atoms with E-state index in [2.05, 4.69) is 10.6 Å². The minimum Gasteiger partial charge on any atom is -0.351 e. The van der Waals surface area contributed by atoms with E-state index in [4.69, 9.17) is 0 Å². The van der Waals surface area contributed by atoms with Crippen molar-refractivity contribution in [3.05, 3.63) is 35.4 Å². The Bertz CT molecular complexity index is 511. The first kappa shape index (κ1) is 15.9. The van der Waals surface area contributed by atoms with Gasteiger partial charge in [0.15, 0.2) is 0 Å². The second kappa shape index (κ2) is 6.52. The smallest absolute Gasteiger partial charge is 0.226 e. The van der Waals surface area contributed by atoms with E-state index in [-0.39, 0.29) is 23.9 Å². The summed E-state index contributed by atoms with van der Waals surface area (Å²) in [6.45, 7) is 5.62. The van der Waals surface area contributed by atoms with Gasteiger partial charge < -0.3 is 10.6 Å². The molecular weight excluding hydrogens is 274 g/mol. The van der Waals surface area contributed by atoms with Gasteiger partial charge in [-0.05, 0) is 50.0 Å². The van der Waals surface area contributed by atoms with Crippen LogP contribution < -0.4 is 10.6 Å². The summed E-state index contributed by atoms with van der Waals surface area (Å²) in [6.07, 6.45) is 2.06. The van der Waals surface area contributed by atoms with Crippen molar-refractivity contribution in [2.45, 2.75) is 33.2 Å². The molecule has 1 heterocycles. The van der Waals surface area contributed by atoms with Crippen LogP contribution >= 0.6 is 0 Å². The van der Waals surface area contributed by atoms with Crippen LogP contribution in [0.2, 0.25) is 0 Å². The molecule has 1 fully saturated rings. The van der Waals surface area contributed by atoms with Gasteiger partial charge in [-0.15, -0.1) is 0 Å². The van der Waals surface area contributed by atoms with E-state index in [9.17, 15) is 13.6 Å². The average molecular weight is 296 g/mol. The quantitative estimate of drug-likeness (QED) is 0.897. The van der Waals surface area contributed by atoms with Gasteiger partial charge in [-0.2, -0.15) is 0 Å². The van der Waals surface area contributed by atoms with E-state index in [1.54, 1.807) is 0 Å². The fourth-order valence-corrected chi connectivity index (χ4v) is 2.74. The summed E-state index contributed by atoms with van der Waals surface area (Å²) >= 11 is 0. The summed E-state index contributed by atoms with van der Waals surface area (Å²) in [6, 6.07) is 3.26. The van der Waals surface area contributed by atoms with Crippen LogP contribution in [0.15, 0.2) is 18.2 Å².